The Balaban J connectivity index is 1.55. The maximum absolute atomic E-state index is 12.7. The molecule has 0 atom stereocenters. The Morgan fingerprint density at radius 2 is 1.71 bits per heavy atom. The van der Waals surface area contributed by atoms with Gasteiger partial charge in [-0.15, -0.1) is 0 Å². The number of nitrogens with one attached hydrogen (secondary N) is 1. The fourth-order valence-corrected chi connectivity index (χ4v) is 3.79. The molecule has 0 fully saturated rings. The Kier molecular flexibility index (Phi) is 5.95. The van der Waals surface area contributed by atoms with E-state index in [9.17, 15) is 4.79 Å². The Labute approximate surface area is 188 Å². The van der Waals surface area contributed by atoms with E-state index in [0.717, 1.165) is 27.6 Å². The SMILES string of the molecule is CCc1cc(Br)c2oc(-c3ccc(NC(=O)c4cc(OC)cc(OC)c4)cc3)nc2c1. The number of hydrogen-bond acceptors (Lipinski definition) is 5. The van der Waals surface area contributed by atoms with Gasteiger partial charge in [-0.05, 0) is 76.4 Å². The number of ether oxygens (including phenoxy) is 2. The van der Waals surface area contributed by atoms with Crippen molar-refractivity contribution < 1.29 is 18.7 Å². The highest BCUT2D eigenvalue weighted by molar-refractivity contribution is 9.10. The first-order valence-corrected chi connectivity index (χ1v) is 10.5. The molecule has 0 aliphatic rings. The van der Waals surface area contributed by atoms with Crippen molar-refractivity contribution in [2.45, 2.75) is 13.3 Å². The smallest absolute Gasteiger partial charge is 0.255 e. The van der Waals surface area contributed by atoms with Crippen molar-refractivity contribution in [3.8, 4) is 23.0 Å². The van der Waals surface area contributed by atoms with Gasteiger partial charge in [0.2, 0.25) is 5.89 Å². The molecule has 0 bridgehead atoms. The molecule has 0 saturated carbocycles. The standard InChI is InChI=1S/C24H21BrN2O4/c1-4-14-9-20(25)22-21(10-14)27-24(31-22)15-5-7-17(8-6-15)26-23(28)16-11-18(29-2)13-19(12-16)30-3/h5-13H,4H2,1-3H3,(H,26,28). The number of aromatic nitrogens is 1. The molecule has 31 heavy (non-hydrogen) atoms. The lowest BCUT2D eigenvalue weighted by atomic mass is 10.1. The molecule has 0 unspecified atom stereocenters. The molecule has 158 valence electrons. The molecule has 0 aliphatic heterocycles. The predicted octanol–water partition coefficient (Wildman–Crippen LogP) is 6.09. The number of anilines is 1. The Hall–Kier alpha value is -3.32. The van der Waals surface area contributed by atoms with Gasteiger partial charge in [0.1, 0.15) is 17.0 Å². The van der Waals surface area contributed by atoms with Crippen LogP contribution in [0.25, 0.3) is 22.6 Å². The van der Waals surface area contributed by atoms with Crippen LogP contribution in [0.4, 0.5) is 5.69 Å². The van der Waals surface area contributed by atoms with Gasteiger partial charge in [-0.25, -0.2) is 4.98 Å². The van der Waals surface area contributed by atoms with Crippen LogP contribution >= 0.6 is 15.9 Å². The van der Waals surface area contributed by atoms with Crippen molar-refractivity contribution in [2.75, 3.05) is 19.5 Å². The van der Waals surface area contributed by atoms with Crippen LogP contribution in [0.5, 0.6) is 11.5 Å². The Bertz CT molecular complexity index is 1230. The molecule has 3 aromatic carbocycles. The summed E-state index contributed by atoms with van der Waals surface area (Å²) >= 11 is 3.56. The van der Waals surface area contributed by atoms with Crippen molar-refractivity contribution >= 4 is 38.6 Å². The minimum absolute atomic E-state index is 0.261. The van der Waals surface area contributed by atoms with Crippen LogP contribution in [0.3, 0.4) is 0 Å². The second kappa shape index (κ2) is 8.81. The van der Waals surface area contributed by atoms with E-state index < -0.39 is 0 Å². The molecule has 4 rings (SSSR count). The summed E-state index contributed by atoms with van der Waals surface area (Å²) < 4.78 is 17.3. The molecular formula is C24H21BrN2O4. The maximum Gasteiger partial charge on any atom is 0.255 e. The highest BCUT2D eigenvalue weighted by Gasteiger charge is 2.13. The zero-order chi connectivity index (χ0) is 22.0. The summed E-state index contributed by atoms with van der Waals surface area (Å²) in [6.45, 7) is 2.10. The van der Waals surface area contributed by atoms with Crippen LogP contribution in [0.1, 0.15) is 22.8 Å². The van der Waals surface area contributed by atoms with E-state index in [0.29, 0.717) is 28.6 Å². The van der Waals surface area contributed by atoms with E-state index in [1.54, 1.807) is 32.4 Å². The minimum atomic E-state index is -0.261. The second-order valence-electron chi connectivity index (χ2n) is 6.93. The van der Waals surface area contributed by atoms with Crippen LogP contribution in [-0.4, -0.2) is 25.1 Å². The van der Waals surface area contributed by atoms with Crippen LogP contribution in [0.2, 0.25) is 0 Å². The number of rotatable bonds is 6. The molecule has 0 radical (unpaired) electrons. The number of carbonyl (C=O) groups is 1. The van der Waals surface area contributed by atoms with Crippen molar-refractivity contribution in [1.29, 1.82) is 0 Å². The number of methoxy groups -OCH3 is 2. The first-order valence-electron chi connectivity index (χ1n) is 9.74. The molecule has 6 nitrogen and oxygen atoms in total. The first kappa shape index (κ1) is 20.9. The zero-order valence-corrected chi connectivity index (χ0v) is 18.9. The summed E-state index contributed by atoms with van der Waals surface area (Å²) in [7, 11) is 3.09. The molecule has 1 amide bonds. The lowest BCUT2D eigenvalue weighted by molar-refractivity contribution is 0.102. The van der Waals surface area contributed by atoms with Crippen molar-refractivity contribution in [3.05, 3.63) is 70.2 Å². The molecule has 7 heteroatoms. The minimum Gasteiger partial charge on any atom is -0.497 e. The summed E-state index contributed by atoms with van der Waals surface area (Å²) in [6.07, 6.45) is 0.921. The van der Waals surface area contributed by atoms with E-state index in [1.165, 1.54) is 5.56 Å². The summed E-state index contributed by atoms with van der Waals surface area (Å²) in [4.78, 5) is 17.3. The first-order chi connectivity index (χ1) is 15.0. The summed E-state index contributed by atoms with van der Waals surface area (Å²) in [6, 6.07) is 16.5. The fraction of sp³-hybridized carbons (Fsp3) is 0.167. The molecular weight excluding hydrogens is 460 g/mol. The lowest BCUT2D eigenvalue weighted by Gasteiger charge is -2.09. The largest absolute Gasteiger partial charge is 0.497 e. The van der Waals surface area contributed by atoms with E-state index >= 15 is 0 Å². The summed E-state index contributed by atoms with van der Waals surface area (Å²) in [5, 5.41) is 2.88. The van der Waals surface area contributed by atoms with E-state index in [4.69, 9.17) is 13.9 Å². The topological polar surface area (TPSA) is 73.6 Å². The second-order valence-corrected chi connectivity index (χ2v) is 7.79. The van der Waals surface area contributed by atoms with Gasteiger partial charge in [0.25, 0.3) is 5.91 Å². The third kappa shape index (κ3) is 4.41. The number of nitrogens with zero attached hydrogens (tertiary/aromatic N) is 1. The maximum atomic E-state index is 12.7. The molecule has 1 N–H and O–H groups in total. The molecule has 1 heterocycles. The van der Waals surface area contributed by atoms with E-state index in [1.807, 2.05) is 36.4 Å². The average Bonchev–Trinajstić information content (AvgIpc) is 3.23. The van der Waals surface area contributed by atoms with Gasteiger partial charge < -0.3 is 19.2 Å². The number of hydrogen-bond donors (Lipinski definition) is 1. The van der Waals surface area contributed by atoms with Crippen LogP contribution < -0.4 is 14.8 Å². The third-order valence-electron chi connectivity index (χ3n) is 4.92. The number of amides is 1. The van der Waals surface area contributed by atoms with Crippen LogP contribution in [0.15, 0.2) is 63.5 Å². The third-order valence-corrected chi connectivity index (χ3v) is 5.51. The molecule has 0 spiro atoms. The number of oxazole rings is 1. The quantitative estimate of drug-likeness (QED) is 0.361. The van der Waals surface area contributed by atoms with Crippen LogP contribution in [-0.2, 0) is 6.42 Å². The monoisotopic (exact) mass is 480 g/mol. The molecule has 4 aromatic rings. The number of aryl methyl sites for hydroxylation is 1. The van der Waals surface area contributed by atoms with Gasteiger partial charge >= 0.3 is 0 Å². The zero-order valence-electron chi connectivity index (χ0n) is 17.4. The van der Waals surface area contributed by atoms with Gasteiger partial charge in [-0.1, -0.05) is 6.92 Å². The number of fused-ring (bicyclic) bond motifs is 1. The molecule has 0 aliphatic carbocycles. The molecule has 1 aromatic heterocycles. The number of benzene rings is 3. The number of halogens is 1. The molecule has 0 saturated heterocycles. The van der Waals surface area contributed by atoms with Gasteiger partial charge in [0.05, 0.1) is 18.7 Å². The summed E-state index contributed by atoms with van der Waals surface area (Å²) in [5.41, 5.74) is 4.63. The fourth-order valence-electron chi connectivity index (χ4n) is 3.21. The Morgan fingerprint density at radius 1 is 1.03 bits per heavy atom. The highest BCUT2D eigenvalue weighted by atomic mass is 79.9. The normalized spacial score (nSPS) is 10.8. The van der Waals surface area contributed by atoms with Gasteiger partial charge in [0.15, 0.2) is 5.58 Å². The lowest BCUT2D eigenvalue weighted by Crippen LogP contribution is -2.12. The number of carbonyl (C=O) groups excluding carboxylic acids is 1. The van der Waals surface area contributed by atoms with Gasteiger partial charge in [0, 0.05) is 22.9 Å². The predicted molar refractivity (Wildman–Crippen MR) is 124 cm³/mol. The van der Waals surface area contributed by atoms with Gasteiger partial charge in [-0.3, -0.25) is 4.79 Å². The van der Waals surface area contributed by atoms with Crippen molar-refractivity contribution in [2.24, 2.45) is 0 Å². The van der Waals surface area contributed by atoms with Crippen molar-refractivity contribution in [1.82, 2.24) is 4.98 Å². The summed E-state index contributed by atoms with van der Waals surface area (Å²) in [5.74, 6) is 1.36. The highest BCUT2D eigenvalue weighted by Crippen LogP contribution is 2.31. The van der Waals surface area contributed by atoms with Crippen LogP contribution in [0, 0.1) is 0 Å². The Morgan fingerprint density at radius 3 is 2.32 bits per heavy atom. The van der Waals surface area contributed by atoms with Crippen molar-refractivity contribution in [3.63, 3.8) is 0 Å². The van der Waals surface area contributed by atoms with Gasteiger partial charge in [-0.2, -0.15) is 0 Å². The van der Waals surface area contributed by atoms with E-state index in [2.05, 4.69) is 33.2 Å². The average molecular weight is 481 g/mol. The van der Waals surface area contributed by atoms with E-state index in [-0.39, 0.29) is 5.91 Å².